The Kier molecular flexibility index (Phi) is 6.63. The zero-order valence-corrected chi connectivity index (χ0v) is 15.3. The van der Waals surface area contributed by atoms with E-state index >= 15 is 0 Å². The van der Waals surface area contributed by atoms with Gasteiger partial charge in [0.25, 0.3) is 5.91 Å². The van der Waals surface area contributed by atoms with Gasteiger partial charge in [-0.2, -0.15) is 0 Å². The molecule has 0 bridgehead atoms. The van der Waals surface area contributed by atoms with E-state index in [2.05, 4.69) is 21.2 Å². The molecule has 1 aromatic carbocycles. The smallest absolute Gasteiger partial charge is 0.328 e. The topological polar surface area (TPSA) is 55.4 Å². The van der Waals surface area contributed by atoms with Crippen LogP contribution >= 0.6 is 15.9 Å². The Balaban J connectivity index is 2.05. The Morgan fingerprint density at radius 2 is 2.00 bits per heavy atom. The number of carbonyl (C=O) groups excluding carboxylic acids is 2. The molecule has 0 saturated heterocycles. The van der Waals surface area contributed by atoms with Crippen molar-refractivity contribution in [1.29, 1.82) is 0 Å². The minimum Gasteiger partial charge on any atom is -0.467 e. The van der Waals surface area contributed by atoms with Crippen LogP contribution in [0.5, 0.6) is 0 Å². The number of aryl methyl sites for hydroxylation is 1. The van der Waals surface area contributed by atoms with Gasteiger partial charge >= 0.3 is 5.97 Å². The van der Waals surface area contributed by atoms with Gasteiger partial charge < -0.3 is 10.1 Å². The third-order valence-corrected chi connectivity index (χ3v) is 5.39. The van der Waals surface area contributed by atoms with Gasteiger partial charge in [-0.05, 0) is 43.0 Å². The molecule has 1 amide bonds. The van der Waals surface area contributed by atoms with E-state index in [1.54, 1.807) is 6.07 Å². The van der Waals surface area contributed by atoms with Crippen molar-refractivity contribution < 1.29 is 14.3 Å². The average Bonchev–Trinajstić information content (AvgIpc) is 2.56. The van der Waals surface area contributed by atoms with Gasteiger partial charge in [0.1, 0.15) is 6.04 Å². The van der Waals surface area contributed by atoms with Gasteiger partial charge in [0.15, 0.2) is 0 Å². The molecule has 0 unspecified atom stereocenters. The molecule has 4 nitrogen and oxygen atoms in total. The molecule has 2 rings (SSSR count). The van der Waals surface area contributed by atoms with Crippen molar-refractivity contribution in [2.24, 2.45) is 5.92 Å². The molecule has 0 aromatic heterocycles. The van der Waals surface area contributed by atoms with Crippen molar-refractivity contribution in [2.75, 3.05) is 7.11 Å². The summed E-state index contributed by atoms with van der Waals surface area (Å²) in [6.07, 6.45) is 6.59. The third-order valence-electron chi connectivity index (χ3n) is 4.50. The van der Waals surface area contributed by atoms with E-state index in [1.807, 2.05) is 19.1 Å². The second kappa shape index (κ2) is 8.48. The van der Waals surface area contributed by atoms with Gasteiger partial charge in [0.2, 0.25) is 0 Å². The van der Waals surface area contributed by atoms with Crippen molar-refractivity contribution in [2.45, 2.75) is 51.5 Å². The number of nitrogens with one attached hydrogen (secondary N) is 1. The quantitative estimate of drug-likeness (QED) is 0.784. The van der Waals surface area contributed by atoms with Crippen LogP contribution in [0.15, 0.2) is 22.7 Å². The fourth-order valence-electron chi connectivity index (χ4n) is 3.14. The molecule has 1 N–H and O–H groups in total. The number of halogens is 1. The van der Waals surface area contributed by atoms with Gasteiger partial charge in [-0.25, -0.2) is 4.79 Å². The SMILES string of the molecule is COC(=O)[C@@H](CC1CCCCC1)NC(=O)c1ccc(Br)c(C)c1. The Bertz CT molecular complexity index is 567. The van der Waals surface area contributed by atoms with Crippen LogP contribution in [-0.2, 0) is 9.53 Å². The summed E-state index contributed by atoms with van der Waals surface area (Å²) < 4.78 is 5.83. The Labute approximate surface area is 146 Å². The van der Waals surface area contributed by atoms with E-state index in [0.29, 0.717) is 17.9 Å². The maximum atomic E-state index is 12.4. The lowest BCUT2D eigenvalue weighted by Gasteiger charge is -2.25. The number of rotatable bonds is 5. The Morgan fingerprint density at radius 1 is 1.30 bits per heavy atom. The second-order valence-electron chi connectivity index (χ2n) is 6.25. The predicted octanol–water partition coefficient (Wildman–Crippen LogP) is 4.00. The van der Waals surface area contributed by atoms with E-state index in [0.717, 1.165) is 22.9 Å². The molecule has 0 radical (unpaired) electrons. The molecule has 1 atom stereocenters. The fourth-order valence-corrected chi connectivity index (χ4v) is 3.39. The highest BCUT2D eigenvalue weighted by atomic mass is 79.9. The van der Waals surface area contributed by atoms with Crippen LogP contribution in [0, 0.1) is 12.8 Å². The van der Waals surface area contributed by atoms with Gasteiger partial charge in [-0.3, -0.25) is 4.79 Å². The standard InChI is InChI=1S/C18H24BrNO3/c1-12-10-14(8-9-15(12)19)17(21)20-16(18(22)23-2)11-13-6-4-3-5-7-13/h8-10,13,16H,3-7,11H2,1-2H3,(H,20,21)/t16-/m1/s1. The number of methoxy groups -OCH3 is 1. The van der Waals surface area contributed by atoms with Crippen LogP contribution in [0.25, 0.3) is 0 Å². The van der Waals surface area contributed by atoms with Gasteiger partial charge in [0, 0.05) is 10.0 Å². The van der Waals surface area contributed by atoms with Crippen LogP contribution in [0.1, 0.15) is 54.4 Å². The molecule has 126 valence electrons. The summed E-state index contributed by atoms with van der Waals surface area (Å²) in [5.74, 6) is -0.107. The first-order valence-electron chi connectivity index (χ1n) is 8.16. The molecule has 1 aliphatic rings. The highest BCUT2D eigenvalue weighted by Crippen LogP contribution is 2.27. The number of amides is 1. The molecule has 0 spiro atoms. The van der Waals surface area contributed by atoms with Crippen molar-refractivity contribution in [3.8, 4) is 0 Å². The third kappa shape index (κ3) is 5.06. The fraction of sp³-hybridized carbons (Fsp3) is 0.556. The molecule has 5 heteroatoms. The van der Waals surface area contributed by atoms with E-state index in [9.17, 15) is 9.59 Å². The molecule has 1 aliphatic carbocycles. The summed E-state index contributed by atoms with van der Waals surface area (Å²) in [6, 6.07) is 4.84. The zero-order valence-electron chi connectivity index (χ0n) is 13.7. The van der Waals surface area contributed by atoms with Crippen molar-refractivity contribution in [3.05, 3.63) is 33.8 Å². The molecular weight excluding hydrogens is 358 g/mol. The number of hydrogen-bond donors (Lipinski definition) is 1. The normalized spacial score (nSPS) is 16.7. The maximum absolute atomic E-state index is 12.4. The zero-order chi connectivity index (χ0) is 16.8. The summed E-state index contributed by atoms with van der Waals surface area (Å²) in [4.78, 5) is 24.5. The number of esters is 1. The molecule has 1 fully saturated rings. The Morgan fingerprint density at radius 3 is 2.61 bits per heavy atom. The highest BCUT2D eigenvalue weighted by Gasteiger charge is 2.26. The van der Waals surface area contributed by atoms with Crippen molar-refractivity contribution >= 4 is 27.8 Å². The minimum absolute atomic E-state index is 0.230. The number of ether oxygens (including phenoxy) is 1. The molecule has 0 aliphatic heterocycles. The van der Waals surface area contributed by atoms with Gasteiger partial charge in [-0.1, -0.05) is 48.0 Å². The monoisotopic (exact) mass is 381 g/mol. The summed E-state index contributed by atoms with van der Waals surface area (Å²) in [6.45, 7) is 1.93. The van der Waals surface area contributed by atoms with E-state index in [-0.39, 0.29) is 11.9 Å². The van der Waals surface area contributed by atoms with Crippen molar-refractivity contribution in [1.82, 2.24) is 5.32 Å². The first kappa shape index (κ1) is 18.0. The van der Waals surface area contributed by atoms with Crippen LogP contribution < -0.4 is 5.32 Å². The minimum atomic E-state index is -0.570. The molecular formula is C18H24BrNO3. The van der Waals surface area contributed by atoms with Crippen LogP contribution in [0.3, 0.4) is 0 Å². The number of carbonyl (C=O) groups is 2. The number of hydrogen-bond acceptors (Lipinski definition) is 3. The van der Waals surface area contributed by atoms with Gasteiger partial charge in [-0.15, -0.1) is 0 Å². The molecule has 0 heterocycles. The first-order valence-corrected chi connectivity index (χ1v) is 8.95. The summed E-state index contributed by atoms with van der Waals surface area (Å²) in [5, 5.41) is 2.85. The lowest BCUT2D eigenvalue weighted by Crippen LogP contribution is -2.43. The predicted molar refractivity (Wildman–Crippen MR) is 93.3 cm³/mol. The second-order valence-corrected chi connectivity index (χ2v) is 7.11. The van der Waals surface area contributed by atoms with E-state index in [4.69, 9.17) is 4.74 Å². The van der Waals surface area contributed by atoms with Crippen LogP contribution in [-0.4, -0.2) is 25.0 Å². The largest absolute Gasteiger partial charge is 0.467 e. The Hall–Kier alpha value is -1.36. The lowest BCUT2D eigenvalue weighted by molar-refractivity contribution is -0.143. The molecule has 23 heavy (non-hydrogen) atoms. The average molecular weight is 382 g/mol. The summed E-state index contributed by atoms with van der Waals surface area (Å²) >= 11 is 3.42. The van der Waals surface area contributed by atoms with Crippen molar-refractivity contribution in [3.63, 3.8) is 0 Å². The molecule has 1 saturated carbocycles. The lowest BCUT2D eigenvalue weighted by atomic mass is 9.84. The maximum Gasteiger partial charge on any atom is 0.328 e. The molecule has 1 aromatic rings. The van der Waals surface area contributed by atoms with E-state index < -0.39 is 6.04 Å². The van der Waals surface area contributed by atoms with Gasteiger partial charge in [0.05, 0.1) is 7.11 Å². The van der Waals surface area contributed by atoms with E-state index in [1.165, 1.54) is 26.4 Å². The number of benzene rings is 1. The summed E-state index contributed by atoms with van der Waals surface area (Å²) in [7, 11) is 1.37. The first-order chi connectivity index (χ1) is 11.0. The summed E-state index contributed by atoms with van der Waals surface area (Å²) in [5.41, 5.74) is 1.54. The van der Waals surface area contributed by atoms with Crippen LogP contribution in [0.2, 0.25) is 0 Å². The van der Waals surface area contributed by atoms with Crippen LogP contribution in [0.4, 0.5) is 0 Å². The highest BCUT2D eigenvalue weighted by molar-refractivity contribution is 9.10.